The molecule has 0 bridgehead atoms. The predicted octanol–water partition coefficient (Wildman–Crippen LogP) is 3.73. The number of ether oxygens (including phenoxy) is 1. The van der Waals surface area contributed by atoms with Crippen LogP contribution in [0.1, 0.15) is 33.3 Å². The van der Waals surface area contributed by atoms with E-state index in [1.54, 1.807) is 39.0 Å². The van der Waals surface area contributed by atoms with Gasteiger partial charge < -0.3 is 15.8 Å². The third-order valence-electron chi connectivity index (χ3n) is 3.04. The molecule has 118 valence electrons. The number of hydrogen-bond donors (Lipinski definition) is 2. The Morgan fingerprint density at radius 1 is 1.24 bits per heavy atom. The van der Waals surface area contributed by atoms with Gasteiger partial charge in [0.15, 0.2) is 0 Å². The smallest absolute Gasteiger partial charge is 0.407 e. The van der Waals surface area contributed by atoms with Crippen LogP contribution in [-0.4, -0.2) is 24.8 Å². The normalized spacial score (nSPS) is 14.4. The van der Waals surface area contributed by atoms with Crippen molar-refractivity contribution >= 4 is 29.3 Å². The average molecular weight is 333 g/mol. The summed E-state index contributed by atoms with van der Waals surface area (Å²) in [5, 5.41) is 3.78. The summed E-state index contributed by atoms with van der Waals surface area (Å²) in [6, 6.07) is 5.28. The minimum absolute atomic E-state index is 0.280. The molecule has 1 unspecified atom stereocenters. The lowest BCUT2D eigenvalue weighted by molar-refractivity contribution is 0.0516. The van der Waals surface area contributed by atoms with Crippen molar-refractivity contribution in [3.05, 3.63) is 33.8 Å². The number of rotatable bonds is 4. The maximum absolute atomic E-state index is 11.8. The van der Waals surface area contributed by atoms with Gasteiger partial charge in [-0.2, -0.15) is 0 Å². The molecule has 0 aliphatic heterocycles. The monoisotopic (exact) mass is 332 g/mol. The maximum Gasteiger partial charge on any atom is 0.407 e. The molecular weight excluding hydrogens is 311 g/mol. The van der Waals surface area contributed by atoms with Crippen LogP contribution >= 0.6 is 23.2 Å². The van der Waals surface area contributed by atoms with Gasteiger partial charge >= 0.3 is 6.09 Å². The topological polar surface area (TPSA) is 64.3 Å². The highest BCUT2D eigenvalue weighted by atomic mass is 35.5. The highest BCUT2D eigenvalue weighted by Gasteiger charge is 2.31. The lowest BCUT2D eigenvalue weighted by Crippen LogP contribution is -2.45. The second-order valence-electron chi connectivity index (χ2n) is 6.22. The Balaban J connectivity index is 2.89. The second-order valence-corrected chi connectivity index (χ2v) is 7.03. The van der Waals surface area contributed by atoms with E-state index in [0.717, 1.165) is 5.56 Å². The van der Waals surface area contributed by atoms with Crippen molar-refractivity contribution in [2.24, 2.45) is 5.73 Å². The first-order chi connectivity index (χ1) is 9.59. The zero-order chi connectivity index (χ0) is 16.3. The Bertz CT molecular complexity index is 495. The summed E-state index contributed by atoms with van der Waals surface area (Å²) in [6.45, 7) is 7.88. The number of amides is 1. The average Bonchev–Trinajstić information content (AvgIpc) is 2.34. The molecule has 0 aromatic heterocycles. The van der Waals surface area contributed by atoms with E-state index in [-0.39, 0.29) is 13.1 Å². The number of carbonyl (C=O) groups excluding carboxylic acids is 1. The Morgan fingerprint density at radius 2 is 1.76 bits per heavy atom. The highest BCUT2D eigenvalue weighted by molar-refractivity contribution is 6.36. The number of benzene rings is 1. The Kier molecular flexibility index (Phi) is 5.91. The number of nitrogens with two attached hydrogens (primary N) is 1. The molecule has 6 heteroatoms. The van der Waals surface area contributed by atoms with Gasteiger partial charge in [0.1, 0.15) is 5.60 Å². The molecule has 0 fully saturated rings. The van der Waals surface area contributed by atoms with Crippen molar-refractivity contribution in [2.45, 2.75) is 38.7 Å². The van der Waals surface area contributed by atoms with Crippen molar-refractivity contribution in [3.8, 4) is 0 Å². The van der Waals surface area contributed by atoms with Crippen LogP contribution in [0.2, 0.25) is 10.0 Å². The van der Waals surface area contributed by atoms with Gasteiger partial charge in [0, 0.05) is 28.5 Å². The lowest BCUT2D eigenvalue weighted by Gasteiger charge is -2.31. The van der Waals surface area contributed by atoms with Crippen molar-refractivity contribution in [2.75, 3.05) is 13.1 Å². The molecule has 4 nitrogen and oxygen atoms in total. The largest absolute Gasteiger partial charge is 0.444 e. The van der Waals surface area contributed by atoms with Crippen LogP contribution in [0.15, 0.2) is 18.2 Å². The molecule has 0 spiro atoms. The fraction of sp³-hybridized carbons (Fsp3) is 0.533. The van der Waals surface area contributed by atoms with Crippen LogP contribution in [0.5, 0.6) is 0 Å². The second kappa shape index (κ2) is 6.86. The molecular formula is C15H22Cl2N2O2. The molecule has 0 heterocycles. The highest BCUT2D eigenvalue weighted by Crippen LogP contribution is 2.35. The molecule has 21 heavy (non-hydrogen) atoms. The van der Waals surface area contributed by atoms with Gasteiger partial charge in [-0.25, -0.2) is 4.79 Å². The van der Waals surface area contributed by atoms with E-state index < -0.39 is 17.1 Å². The third kappa shape index (κ3) is 5.06. The maximum atomic E-state index is 11.8. The van der Waals surface area contributed by atoms with Gasteiger partial charge in [0.25, 0.3) is 0 Å². The molecule has 1 atom stereocenters. The molecule has 0 saturated heterocycles. The van der Waals surface area contributed by atoms with E-state index in [0.29, 0.717) is 10.0 Å². The quantitative estimate of drug-likeness (QED) is 0.882. The Morgan fingerprint density at radius 3 is 2.19 bits per heavy atom. The van der Waals surface area contributed by atoms with Gasteiger partial charge in [-0.3, -0.25) is 0 Å². The van der Waals surface area contributed by atoms with E-state index in [4.69, 9.17) is 33.7 Å². The summed E-state index contributed by atoms with van der Waals surface area (Å²) >= 11 is 12.5. The molecule has 1 aromatic rings. The Hall–Kier alpha value is -0.970. The fourth-order valence-corrected chi connectivity index (χ4v) is 2.77. The van der Waals surface area contributed by atoms with Crippen LogP contribution < -0.4 is 11.1 Å². The molecule has 1 rings (SSSR count). The molecule has 1 aromatic carbocycles. The number of hydrogen-bond acceptors (Lipinski definition) is 3. The summed E-state index contributed by atoms with van der Waals surface area (Å²) in [7, 11) is 0. The summed E-state index contributed by atoms with van der Waals surface area (Å²) in [6.07, 6.45) is -0.495. The molecule has 1 amide bonds. The zero-order valence-corrected chi connectivity index (χ0v) is 14.3. The van der Waals surface area contributed by atoms with E-state index in [9.17, 15) is 4.79 Å². The molecule has 3 N–H and O–H groups in total. The van der Waals surface area contributed by atoms with E-state index in [2.05, 4.69) is 5.32 Å². The van der Waals surface area contributed by atoms with E-state index in [1.165, 1.54) is 0 Å². The first-order valence-electron chi connectivity index (χ1n) is 6.70. The predicted molar refractivity (Wildman–Crippen MR) is 87.1 cm³/mol. The van der Waals surface area contributed by atoms with Gasteiger partial charge in [-0.05, 0) is 38.5 Å². The first kappa shape index (κ1) is 18.1. The van der Waals surface area contributed by atoms with Gasteiger partial charge in [-0.15, -0.1) is 0 Å². The van der Waals surface area contributed by atoms with Crippen molar-refractivity contribution in [3.63, 3.8) is 0 Å². The number of nitrogens with one attached hydrogen (secondary N) is 1. The first-order valence-corrected chi connectivity index (χ1v) is 7.46. The number of halogens is 2. The van der Waals surface area contributed by atoms with Gasteiger partial charge in [-0.1, -0.05) is 36.2 Å². The van der Waals surface area contributed by atoms with Gasteiger partial charge in [0.05, 0.1) is 0 Å². The van der Waals surface area contributed by atoms with Crippen molar-refractivity contribution in [1.29, 1.82) is 0 Å². The summed E-state index contributed by atoms with van der Waals surface area (Å²) in [4.78, 5) is 11.8. The number of alkyl carbamates (subject to hydrolysis) is 1. The Labute approximate surface area is 135 Å². The van der Waals surface area contributed by atoms with Crippen LogP contribution in [0.3, 0.4) is 0 Å². The van der Waals surface area contributed by atoms with Crippen LogP contribution in [0, 0.1) is 0 Å². The van der Waals surface area contributed by atoms with Gasteiger partial charge in [0.2, 0.25) is 0 Å². The minimum atomic E-state index is -0.577. The SMILES string of the molecule is CC(C)(C)OC(=O)NCC(C)(CN)c1c(Cl)cccc1Cl. The molecule has 0 aliphatic rings. The molecule has 0 saturated carbocycles. The van der Waals surface area contributed by atoms with Crippen LogP contribution in [-0.2, 0) is 10.2 Å². The summed E-state index contributed by atoms with van der Waals surface area (Å²) in [5.74, 6) is 0. The van der Waals surface area contributed by atoms with Crippen molar-refractivity contribution in [1.82, 2.24) is 5.32 Å². The number of carbonyl (C=O) groups is 1. The minimum Gasteiger partial charge on any atom is -0.444 e. The summed E-state index contributed by atoms with van der Waals surface area (Å²) in [5.41, 5.74) is 5.48. The lowest BCUT2D eigenvalue weighted by atomic mass is 9.82. The third-order valence-corrected chi connectivity index (χ3v) is 3.67. The van der Waals surface area contributed by atoms with Crippen LogP contribution in [0.25, 0.3) is 0 Å². The molecule has 0 aliphatic carbocycles. The van der Waals surface area contributed by atoms with E-state index >= 15 is 0 Å². The zero-order valence-electron chi connectivity index (χ0n) is 12.8. The standard InChI is InChI=1S/C15H22Cl2N2O2/c1-14(2,3)21-13(20)19-9-15(4,8-18)12-10(16)6-5-7-11(12)17/h5-7H,8-9,18H2,1-4H3,(H,19,20). The fourth-order valence-electron chi connectivity index (χ4n) is 1.92. The molecule has 0 radical (unpaired) electrons. The summed E-state index contributed by atoms with van der Waals surface area (Å²) < 4.78 is 5.22. The van der Waals surface area contributed by atoms with Crippen LogP contribution in [0.4, 0.5) is 4.79 Å². The van der Waals surface area contributed by atoms with Crippen molar-refractivity contribution < 1.29 is 9.53 Å². The van der Waals surface area contributed by atoms with E-state index in [1.807, 2.05) is 6.92 Å².